The molecule has 0 radical (unpaired) electrons. The summed E-state index contributed by atoms with van der Waals surface area (Å²) in [6, 6.07) is 4.13. The molecule has 8 heteroatoms. The SMILES string of the molecule is O=C1NCCN(Cc2cocn2)C1c1ccccc1C(F)(F)F. The van der Waals surface area contributed by atoms with Crippen molar-refractivity contribution in [1.29, 1.82) is 0 Å². The monoisotopic (exact) mass is 325 g/mol. The zero-order valence-electron chi connectivity index (χ0n) is 12.0. The molecule has 1 fully saturated rings. The molecular formula is C15H14F3N3O2. The van der Waals surface area contributed by atoms with Gasteiger partial charge in [-0.15, -0.1) is 0 Å². The minimum atomic E-state index is -4.52. The van der Waals surface area contributed by atoms with E-state index in [-0.39, 0.29) is 12.1 Å². The van der Waals surface area contributed by atoms with E-state index in [2.05, 4.69) is 10.3 Å². The van der Waals surface area contributed by atoms with E-state index in [4.69, 9.17) is 4.42 Å². The third-order valence-electron chi connectivity index (χ3n) is 3.72. The van der Waals surface area contributed by atoms with Crippen LogP contribution in [0.1, 0.15) is 22.9 Å². The number of benzene rings is 1. The lowest BCUT2D eigenvalue weighted by Gasteiger charge is -2.35. The number of nitrogens with zero attached hydrogens (tertiary/aromatic N) is 2. The summed E-state index contributed by atoms with van der Waals surface area (Å²) in [6.45, 7) is 1.04. The van der Waals surface area contributed by atoms with Gasteiger partial charge < -0.3 is 9.73 Å². The van der Waals surface area contributed by atoms with E-state index in [1.807, 2.05) is 0 Å². The highest BCUT2D eigenvalue weighted by Gasteiger charge is 2.40. The molecule has 1 aliphatic heterocycles. The third kappa shape index (κ3) is 3.21. The van der Waals surface area contributed by atoms with E-state index in [1.165, 1.54) is 30.9 Å². The molecule has 3 rings (SSSR count). The van der Waals surface area contributed by atoms with Crippen LogP contribution in [-0.4, -0.2) is 28.9 Å². The summed E-state index contributed by atoms with van der Waals surface area (Å²) in [7, 11) is 0. The van der Waals surface area contributed by atoms with Crippen LogP contribution in [0, 0.1) is 0 Å². The first kappa shape index (κ1) is 15.5. The second kappa shape index (κ2) is 6.04. The molecule has 1 amide bonds. The van der Waals surface area contributed by atoms with Gasteiger partial charge in [0.25, 0.3) is 0 Å². The molecule has 1 saturated heterocycles. The number of carbonyl (C=O) groups is 1. The number of alkyl halides is 3. The zero-order valence-corrected chi connectivity index (χ0v) is 12.0. The molecule has 5 nitrogen and oxygen atoms in total. The van der Waals surface area contributed by atoms with Gasteiger partial charge in [-0.2, -0.15) is 13.2 Å². The predicted molar refractivity (Wildman–Crippen MR) is 74.1 cm³/mol. The Balaban J connectivity index is 1.98. The largest absolute Gasteiger partial charge is 0.451 e. The average molecular weight is 325 g/mol. The fourth-order valence-electron chi connectivity index (χ4n) is 2.74. The van der Waals surface area contributed by atoms with Crippen molar-refractivity contribution in [3.05, 3.63) is 53.7 Å². The van der Waals surface area contributed by atoms with Crippen molar-refractivity contribution in [1.82, 2.24) is 15.2 Å². The van der Waals surface area contributed by atoms with Crippen molar-refractivity contribution in [2.75, 3.05) is 13.1 Å². The van der Waals surface area contributed by atoms with E-state index >= 15 is 0 Å². The number of carbonyl (C=O) groups excluding carboxylic acids is 1. The molecule has 0 bridgehead atoms. The van der Waals surface area contributed by atoms with Gasteiger partial charge in [-0.05, 0) is 11.6 Å². The van der Waals surface area contributed by atoms with Crippen molar-refractivity contribution < 1.29 is 22.4 Å². The number of nitrogens with one attached hydrogen (secondary N) is 1. The molecule has 0 spiro atoms. The lowest BCUT2D eigenvalue weighted by atomic mass is 9.96. The summed E-state index contributed by atoms with van der Waals surface area (Å²) >= 11 is 0. The first-order valence-electron chi connectivity index (χ1n) is 7.02. The standard InChI is InChI=1S/C15H14F3N3O2/c16-15(17,18)12-4-2-1-3-11(12)13-14(22)19-5-6-21(13)7-10-8-23-9-20-10/h1-4,8-9,13H,5-7H2,(H,19,22). The minimum absolute atomic E-state index is 0.0549. The Hall–Kier alpha value is -2.35. The first-order chi connectivity index (χ1) is 11.0. The molecule has 1 aliphatic rings. The molecule has 1 atom stereocenters. The highest BCUT2D eigenvalue weighted by molar-refractivity contribution is 5.84. The Morgan fingerprint density at radius 2 is 2.13 bits per heavy atom. The smallest absolute Gasteiger partial charge is 0.416 e. The van der Waals surface area contributed by atoms with Crippen LogP contribution < -0.4 is 5.32 Å². The van der Waals surface area contributed by atoms with Crippen LogP contribution in [0.25, 0.3) is 0 Å². The Morgan fingerprint density at radius 3 is 2.83 bits per heavy atom. The Morgan fingerprint density at radius 1 is 1.35 bits per heavy atom. The molecule has 0 aliphatic carbocycles. The molecule has 0 saturated carbocycles. The molecule has 1 aromatic carbocycles. The van der Waals surface area contributed by atoms with Crippen molar-refractivity contribution >= 4 is 5.91 Å². The van der Waals surface area contributed by atoms with Crippen molar-refractivity contribution in [2.45, 2.75) is 18.8 Å². The summed E-state index contributed by atoms with van der Waals surface area (Å²) in [4.78, 5) is 17.9. The summed E-state index contributed by atoms with van der Waals surface area (Å²) in [5.41, 5.74) is -0.290. The van der Waals surface area contributed by atoms with Gasteiger partial charge in [0.2, 0.25) is 5.91 Å². The van der Waals surface area contributed by atoms with Crippen LogP contribution in [0.4, 0.5) is 13.2 Å². The predicted octanol–water partition coefficient (Wildman–Crippen LogP) is 2.37. The van der Waals surface area contributed by atoms with E-state index in [9.17, 15) is 18.0 Å². The van der Waals surface area contributed by atoms with Crippen molar-refractivity contribution in [2.24, 2.45) is 0 Å². The normalized spacial score (nSPS) is 19.6. The fraction of sp³-hybridized carbons (Fsp3) is 0.333. The summed E-state index contributed by atoms with van der Waals surface area (Å²) in [5, 5.41) is 2.63. The lowest BCUT2D eigenvalue weighted by Crippen LogP contribution is -2.50. The maximum atomic E-state index is 13.3. The molecule has 122 valence electrons. The fourth-order valence-corrected chi connectivity index (χ4v) is 2.74. The van der Waals surface area contributed by atoms with Gasteiger partial charge in [0.1, 0.15) is 12.3 Å². The summed E-state index contributed by atoms with van der Waals surface area (Å²) in [6.07, 6.45) is -1.86. The quantitative estimate of drug-likeness (QED) is 0.941. The minimum Gasteiger partial charge on any atom is -0.451 e. The summed E-state index contributed by atoms with van der Waals surface area (Å²) < 4.78 is 44.7. The highest BCUT2D eigenvalue weighted by atomic mass is 19.4. The maximum absolute atomic E-state index is 13.3. The van der Waals surface area contributed by atoms with Crippen LogP contribution in [-0.2, 0) is 17.5 Å². The number of hydrogen-bond donors (Lipinski definition) is 1. The van der Waals surface area contributed by atoms with E-state index in [0.29, 0.717) is 18.8 Å². The average Bonchev–Trinajstić information content (AvgIpc) is 3.00. The lowest BCUT2D eigenvalue weighted by molar-refractivity contribution is -0.140. The zero-order chi connectivity index (χ0) is 16.4. The van der Waals surface area contributed by atoms with E-state index in [1.54, 1.807) is 4.90 Å². The van der Waals surface area contributed by atoms with Gasteiger partial charge in [-0.1, -0.05) is 18.2 Å². The topological polar surface area (TPSA) is 58.4 Å². The first-order valence-corrected chi connectivity index (χ1v) is 7.02. The number of halogens is 3. The van der Waals surface area contributed by atoms with Gasteiger partial charge in [-0.3, -0.25) is 9.69 Å². The van der Waals surface area contributed by atoms with E-state index in [0.717, 1.165) is 6.07 Å². The van der Waals surface area contributed by atoms with Crippen LogP contribution in [0.2, 0.25) is 0 Å². The van der Waals surface area contributed by atoms with Gasteiger partial charge in [0.15, 0.2) is 6.39 Å². The number of rotatable bonds is 3. The molecule has 1 unspecified atom stereocenters. The van der Waals surface area contributed by atoms with Crippen molar-refractivity contribution in [3.63, 3.8) is 0 Å². The maximum Gasteiger partial charge on any atom is 0.416 e. The number of piperazine rings is 1. The Labute approximate surface area is 130 Å². The Bertz CT molecular complexity index is 686. The Kier molecular flexibility index (Phi) is 4.08. The second-order valence-corrected chi connectivity index (χ2v) is 5.23. The second-order valence-electron chi connectivity index (χ2n) is 5.23. The van der Waals surface area contributed by atoms with Gasteiger partial charge >= 0.3 is 6.18 Å². The molecule has 2 heterocycles. The molecule has 1 N–H and O–H groups in total. The summed E-state index contributed by atoms with van der Waals surface area (Å²) in [5.74, 6) is -0.448. The van der Waals surface area contributed by atoms with E-state index < -0.39 is 23.7 Å². The van der Waals surface area contributed by atoms with Gasteiger partial charge in [-0.25, -0.2) is 4.98 Å². The van der Waals surface area contributed by atoms with Crippen molar-refractivity contribution in [3.8, 4) is 0 Å². The molecule has 1 aromatic heterocycles. The molecule has 2 aromatic rings. The number of aromatic nitrogens is 1. The van der Waals surface area contributed by atoms with Gasteiger partial charge in [0, 0.05) is 19.6 Å². The molecule has 23 heavy (non-hydrogen) atoms. The number of hydrogen-bond acceptors (Lipinski definition) is 4. The van der Waals surface area contributed by atoms with Crippen LogP contribution in [0.15, 0.2) is 41.3 Å². The number of oxazole rings is 1. The van der Waals surface area contributed by atoms with Crippen LogP contribution in [0.5, 0.6) is 0 Å². The van der Waals surface area contributed by atoms with Crippen LogP contribution in [0.3, 0.4) is 0 Å². The molecular weight excluding hydrogens is 311 g/mol. The number of amides is 1. The third-order valence-corrected chi connectivity index (χ3v) is 3.72. The van der Waals surface area contributed by atoms with Crippen LogP contribution >= 0.6 is 0 Å². The van der Waals surface area contributed by atoms with Gasteiger partial charge in [0.05, 0.1) is 11.3 Å². The highest BCUT2D eigenvalue weighted by Crippen LogP contribution is 2.37.